The minimum Gasteiger partial charge on any atom is -0.395 e. The Balaban J connectivity index is 1.82. The first kappa shape index (κ1) is 12.5. The molecule has 0 spiro atoms. The Morgan fingerprint density at radius 3 is 2.84 bits per heavy atom. The van der Waals surface area contributed by atoms with Crippen LogP contribution in [0.1, 0.15) is 19.3 Å². The predicted octanol–water partition coefficient (Wildman–Crippen LogP) is 1.95. The van der Waals surface area contributed by atoms with Crippen LogP contribution in [0.15, 0.2) is 24.4 Å². The average molecular weight is 276 g/mol. The summed E-state index contributed by atoms with van der Waals surface area (Å²) < 4.78 is 0. The van der Waals surface area contributed by atoms with Crippen molar-refractivity contribution in [2.75, 3.05) is 18.1 Å². The van der Waals surface area contributed by atoms with Crippen LogP contribution < -0.4 is 4.90 Å². The molecule has 1 saturated carbocycles. The van der Waals surface area contributed by atoms with E-state index >= 15 is 0 Å². The molecule has 1 aliphatic carbocycles. The van der Waals surface area contributed by atoms with Gasteiger partial charge in [0.2, 0.25) is 5.13 Å². The molecule has 2 aromatic rings. The van der Waals surface area contributed by atoms with Crippen LogP contribution in [0.4, 0.5) is 5.13 Å². The molecule has 19 heavy (non-hydrogen) atoms. The van der Waals surface area contributed by atoms with Gasteiger partial charge in [0.05, 0.1) is 6.61 Å². The van der Waals surface area contributed by atoms with E-state index in [1.165, 1.54) is 19.3 Å². The zero-order chi connectivity index (χ0) is 13.1. The minimum atomic E-state index is 0.148. The summed E-state index contributed by atoms with van der Waals surface area (Å²) in [6.07, 6.45) is 5.38. The molecule has 0 amide bonds. The smallest absolute Gasteiger partial charge is 0.208 e. The second kappa shape index (κ2) is 5.63. The molecule has 0 unspecified atom stereocenters. The Labute approximate surface area is 115 Å². The number of hydrogen-bond donors (Lipinski definition) is 1. The van der Waals surface area contributed by atoms with Gasteiger partial charge in [-0.1, -0.05) is 17.4 Å². The molecule has 1 aliphatic rings. The number of aromatic nitrogens is 3. The van der Waals surface area contributed by atoms with E-state index in [4.69, 9.17) is 0 Å². The van der Waals surface area contributed by atoms with Crippen molar-refractivity contribution < 1.29 is 5.11 Å². The maximum absolute atomic E-state index is 9.19. The zero-order valence-electron chi connectivity index (χ0n) is 10.6. The Morgan fingerprint density at radius 2 is 2.21 bits per heavy atom. The number of pyridine rings is 1. The van der Waals surface area contributed by atoms with Gasteiger partial charge in [-0.25, -0.2) is 0 Å². The molecule has 2 heterocycles. The van der Waals surface area contributed by atoms with Crippen LogP contribution in [0.25, 0.3) is 10.7 Å². The van der Waals surface area contributed by atoms with E-state index in [9.17, 15) is 5.11 Å². The first-order valence-corrected chi connectivity index (χ1v) is 7.32. The fraction of sp³-hybridized carbons (Fsp3) is 0.462. The van der Waals surface area contributed by atoms with Crippen molar-refractivity contribution in [1.82, 2.24) is 15.2 Å². The number of nitrogens with zero attached hydrogens (tertiary/aromatic N) is 4. The van der Waals surface area contributed by atoms with Gasteiger partial charge in [-0.15, -0.1) is 10.2 Å². The summed E-state index contributed by atoms with van der Waals surface area (Å²) in [6.45, 7) is 0.774. The average Bonchev–Trinajstić information content (AvgIpc) is 2.86. The normalized spacial score (nSPS) is 15.2. The molecule has 0 saturated heterocycles. The lowest BCUT2D eigenvalue weighted by atomic mass is 9.92. The number of aliphatic hydroxyl groups excluding tert-OH is 1. The first-order chi connectivity index (χ1) is 9.38. The van der Waals surface area contributed by atoms with E-state index in [1.807, 2.05) is 18.2 Å². The van der Waals surface area contributed by atoms with Gasteiger partial charge in [-0.2, -0.15) is 0 Å². The quantitative estimate of drug-likeness (QED) is 0.904. The molecule has 0 aliphatic heterocycles. The molecule has 5 nitrogen and oxygen atoms in total. The molecule has 0 atom stereocenters. The molecule has 0 bridgehead atoms. The van der Waals surface area contributed by atoms with Crippen LogP contribution in [0.5, 0.6) is 0 Å². The Morgan fingerprint density at radius 1 is 1.32 bits per heavy atom. The summed E-state index contributed by atoms with van der Waals surface area (Å²) in [4.78, 5) is 6.46. The second-order valence-electron chi connectivity index (χ2n) is 4.61. The lowest BCUT2D eigenvalue weighted by Gasteiger charge is -2.36. The van der Waals surface area contributed by atoms with Crippen molar-refractivity contribution in [1.29, 1.82) is 0 Å². The first-order valence-electron chi connectivity index (χ1n) is 6.51. The van der Waals surface area contributed by atoms with Crippen LogP contribution in [-0.2, 0) is 0 Å². The van der Waals surface area contributed by atoms with Crippen molar-refractivity contribution in [3.8, 4) is 10.7 Å². The van der Waals surface area contributed by atoms with Crippen molar-refractivity contribution in [2.24, 2.45) is 0 Å². The van der Waals surface area contributed by atoms with Crippen LogP contribution in [0.3, 0.4) is 0 Å². The molecule has 100 valence electrons. The highest BCUT2D eigenvalue weighted by Gasteiger charge is 2.27. The van der Waals surface area contributed by atoms with E-state index in [0.29, 0.717) is 12.6 Å². The Kier molecular flexibility index (Phi) is 3.70. The molecule has 6 heteroatoms. The SMILES string of the molecule is OCCN(c1nnc(-c2ccccn2)s1)C1CCC1. The third kappa shape index (κ3) is 2.59. The van der Waals surface area contributed by atoms with E-state index in [0.717, 1.165) is 15.8 Å². The number of rotatable bonds is 5. The van der Waals surface area contributed by atoms with E-state index in [1.54, 1.807) is 17.5 Å². The number of aliphatic hydroxyl groups is 1. The second-order valence-corrected chi connectivity index (χ2v) is 5.56. The van der Waals surface area contributed by atoms with Crippen molar-refractivity contribution in [3.05, 3.63) is 24.4 Å². The largest absolute Gasteiger partial charge is 0.395 e. The molecular weight excluding hydrogens is 260 g/mol. The van der Waals surface area contributed by atoms with Gasteiger partial charge in [0.1, 0.15) is 5.69 Å². The molecule has 1 fully saturated rings. The molecule has 2 aromatic heterocycles. The summed E-state index contributed by atoms with van der Waals surface area (Å²) in [7, 11) is 0. The van der Waals surface area contributed by atoms with Crippen LogP contribution in [0.2, 0.25) is 0 Å². The summed E-state index contributed by atoms with van der Waals surface area (Å²) >= 11 is 1.54. The van der Waals surface area contributed by atoms with Gasteiger partial charge in [-0.3, -0.25) is 4.98 Å². The molecular formula is C13H16N4OS. The maximum Gasteiger partial charge on any atom is 0.208 e. The van der Waals surface area contributed by atoms with E-state index in [-0.39, 0.29) is 6.61 Å². The molecule has 0 aromatic carbocycles. The monoisotopic (exact) mass is 276 g/mol. The lowest BCUT2D eigenvalue weighted by molar-refractivity contribution is 0.283. The Bertz CT molecular complexity index is 526. The fourth-order valence-electron chi connectivity index (χ4n) is 2.16. The van der Waals surface area contributed by atoms with Crippen LogP contribution in [0, 0.1) is 0 Å². The van der Waals surface area contributed by atoms with Crippen LogP contribution in [-0.4, -0.2) is 39.5 Å². The van der Waals surface area contributed by atoms with Crippen molar-refractivity contribution >= 4 is 16.5 Å². The summed E-state index contributed by atoms with van der Waals surface area (Å²) in [5, 5.41) is 19.4. The highest BCUT2D eigenvalue weighted by Crippen LogP contribution is 2.33. The molecule has 3 rings (SSSR count). The van der Waals surface area contributed by atoms with Gasteiger partial charge < -0.3 is 10.0 Å². The third-order valence-electron chi connectivity index (χ3n) is 3.40. The topological polar surface area (TPSA) is 62.1 Å². The predicted molar refractivity (Wildman–Crippen MR) is 75.2 cm³/mol. The molecule has 0 radical (unpaired) electrons. The van der Waals surface area contributed by atoms with E-state index in [2.05, 4.69) is 20.1 Å². The van der Waals surface area contributed by atoms with Gasteiger partial charge >= 0.3 is 0 Å². The third-order valence-corrected chi connectivity index (χ3v) is 4.38. The number of anilines is 1. The van der Waals surface area contributed by atoms with E-state index < -0.39 is 0 Å². The maximum atomic E-state index is 9.19. The Hall–Kier alpha value is -1.53. The highest BCUT2D eigenvalue weighted by molar-refractivity contribution is 7.18. The van der Waals surface area contributed by atoms with Gasteiger partial charge in [-0.05, 0) is 31.4 Å². The fourth-order valence-corrected chi connectivity index (χ4v) is 3.08. The lowest BCUT2D eigenvalue weighted by Crippen LogP contribution is -2.41. The highest BCUT2D eigenvalue weighted by atomic mass is 32.1. The van der Waals surface area contributed by atoms with Gasteiger partial charge in [0.15, 0.2) is 5.01 Å². The molecule has 1 N–H and O–H groups in total. The van der Waals surface area contributed by atoms with Crippen molar-refractivity contribution in [3.63, 3.8) is 0 Å². The zero-order valence-corrected chi connectivity index (χ0v) is 11.4. The minimum absolute atomic E-state index is 0.148. The summed E-state index contributed by atoms with van der Waals surface area (Å²) in [5.41, 5.74) is 0.851. The van der Waals surface area contributed by atoms with Gasteiger partial charge in [0.25, 0.3) is 0 Å². The summed E-state index contributed by atoms with van der Waals surface area (Å²) in [5.74, 6) is 0. The van der Waals surface area contributed by atoms with Crippen molar-refractivity contribution in [2.45, 2.75) is 25.3 Å². The summed E-state index contributed by atoms with van der Waals surface area (Å²) in [6, 6.07) is 6.28. The standard InChI is InChI=1S/C13H16N4OS/c18-9-8-17(10-4-3-5-10)13-16-15-12(19-13)11-6-1-2-7-14-11/h1-2,6-7,10,18H,3-5,8-9H2. The van der Waals surface area contributed by atoms with Crippen LogP contribution >= 0.6 is 11.3 Å². The number of hydrogen-bond acceptors (Lipinski definition) is 6. The van der Waals surface area contributed by atoms with Gasteiger partial charge in [0, 0.05) is 18.8 Å².